The van der Waals surface area contributed by atoms with Crippen molar-refractivity contribution >= 4 is 21.8 Å². The van der Waals surface area contributed by atoms with Gasteiger partial charge in [-0.1, -0.05) is 26.0 Å². The molecule has 1 aliphatic rings. The summed E-state index contributed by atoms with van der Waals surface area (Å²) in [6.45, 7) is 7.65. The van der Waals surface area contributed by atoms with Gasteiger partial charge in [-0.15, -0.1) is 11.8 Å². The van der Waals surface area contributed by atoms with Crippen LogP contribution in [0.15, 0.2) is 48.0 Å². The molecule has 162 valence electrons. The molecule has 0 aromatic carbocycles. The molecule has 3 heterocycles. The maximum Gasteiger partial charge on any atom is 0.224 e. The van der Waals surface area contributed by atoms with Crippen LogP contribution in [0.2, 0.25) is 0 Å². The Bertz CT molecular complexity index is 940. The van der Waals surface area contributed by atoms with Gasteiger partial charge in [-0.3, -0.25) is 4.98 Å². The highest BCUT2D eigenvalue weighted by Gasteiger charge is 2.26. The number of nitrogens with zero attached hydrogens (tertiary/aromatic N) is 3. The smallest absolute Gasteiger partial charge is 0.224 e. The van der Waals surface area contributed by atoms with Crippen LogP contribution in [-0.4, -0.2) is 54.1 Å². The highest BCUT2D eigenvalue weighted by molar-refractivity contribution is 8.14. The van der Waals surface area contributed by atoms with Crippen LogP contribution in [0.25, 0.3) is 11.4 Å². The van der Waals surface area contributed by atoms with Crippen LogP contribution in [0.4, 0.5) is 0 Å². The zero-order valence-electron chi connectivity index (χ0n) is 17.3. The molecule has 0 saturated carbocycles. The molecular formula is C21H28N4O3S2. The van der Waals surface area contributed by atoms with Crippen molar-refractivity contribution in [3.8, 4) is 17.1 Å². The van der Waals surface area contributed by atoms with Crippen molar-refractivity contribution in [3.05, 3.63) is 53.7 Å². The normalized spacial score (nSPS) is 16.3. The van der Waals surface area contributed by atoms with Crippen LogP contribution in [0, 0.1) is 0 Å². The van der Waals surface area contributed by atoms with Gasteiger partial charge in [-0.05, 0) is 37.1 Å². The van der Waals surface area contributed by atoms with E-state index >= 15 is 0 Å². The number of aromatic nitrogens is 2. The maximum atomic E-state index is 12.5. The lowest BCUT2D eigenvalue weighted by Gasteiger charge is -2.18. The summed E-state index contributed by atoms with van der Waals surface area (Å²) in [6, 6.07) is 9.24. The molecule has 0 radical (unpaired) electrons. The number of hydrogen-bond acceptors (Lipinski definition) is 7. The average molecular weight is 449 g/mol. The van der Waals surface area contributed by atoms with Crippen molar-refractivity contribution in [1.82, 2.24) is 19.6 Å². The third-order valence-corrected chi connectivity index (χ3v) is 8.18. The Labute approximate surface area is 183 Å². The summed E-state index contributed by atoms with van der Waals surface area (Å²) in [5, 5.41) is 1.83. The van der Waals surface area contributed by atoms with Gasteiger partial charge in [-0.25, -0.2) is 18.1 Å². The molecule has 0 bridgehead atoms. The van der Waals surface area contributed by atoms with Gasteiger partial charge in [0.25, 0.3) is 0 Å². The first kappa shape index (κ1) is 22.7. The molecule has 1 atom stereocenters. The maximum absolute atomic E-state index is 12.5. The third kappa shape index (κ3) is 6.28. The molecule has 9 heteroatoms. The lowest BCUT2D eigenvalue weighted by Crippen LogP contribution is -2.31. The fraction of sp³-hybridized carbons (Fsp3) is 0.429. The number of hydrogen-bond donors (Lipinski definition) is 1. The third-order valence-electron chi connectivity index (χ3n) is 4.81. The minimum atomic E-state index is -3.44. The summed E-state index contributed by atoms with van der Waals surface area (Å²) >= 11 is 1.31. The van der Waals surface area contributed by atoms with Crippen molar-refractivity contribution in [2.75, 3.05) is 26.2 Å². The van der Waals surface area contributed by atoms with Crippen molar-refractivity contribution in [3.63, 3.8) is 0 Å². The molecule has 0 fully saturated rings. The number of pyridine rings is 2. The molecular weight excluding hydrogens is 420 g/mol. The van der Waals surface area contributed by atoms with E-state index in [-0.39, 0.29) is 6.54 Å². The monoisotopic (exact) mass is 448 g/mol. The second-order valence-electron chi connectivity index (χ2n) is 6.81. The molecule has 1 unspecified atom stereocenters. The van der Waals surface area contributed by atoms with E-state index in [1.165, 1.54) is 11.8 Å². The summed E-state index contributed by atoms with van der Waals surface area (Å²) in [5.74, 6) is 0.656. The van der Waals surface area contributed by atoms with Gasteiger partial charge in [0.05, 0.1) is 23.6 Å². The molecule has 1 N–H and O–H groups in total. The van der Waals surface area contributed by atoms with E-state index in [1.54, 1.807) is 12.3 Å². The number of thioether (sulfide) groups is 1. The molecule has 0 spiro atoms. The Hall–Kier alpha value is -1.94. The van der Waals surface area contributed by atoms with Crippen LogP contribution in [0.5, 0.6) is 5.75 Å². The predicted octanol–water partition coefficient (Wildman–Crippen LogP) is 3.26. The Morgan fingerprint density at radius 3 is 2.73 bits per heavy atom. The van der Waals surface area contributed by atoms with E-state index in [1.807, 2.05) is 35.7 Å². The van der Waals surface area contributed by atoms with E-state index < -0.39 is 14.6 Å². The van der Waals surface area contributed by atoms with Crippen molar-refractivity contribution in [1.29, 1.82) is 0 Å². The van der Waals surface area contributed by atoms with Crippen LogP contribution < -0.4 is 9.46 Å². The Kier molecular flexibility index (Phi) is 8.26. The van der Waals surface area contributed by atoms with Gasteiger partial charge in [-0.2, -0.15) is 0 Å². The fourth-order valence-electron chi connectivity index (χ4n) is 3.04. The SMILES string of the molecule is CCN(CC)CCOc1cc(CNS(=O)(=O)C2CC=CS2)nc(-c2ccccn2)c1. The number of nitrogens with one attached hydrogen (secondary N) is 1. The van der Waals surface area contributed by atoms with E-state index in [0.29, 0.717) is 35.9 Å². The number of ether oxygens (including phenoxy) is 1. The summed E-state index contributed by atoms with van der Waals surface area (Å²) in [6.07, 6.45) is 4.09. The first-order chi connectivity index (χ1) is 14.5. The second kappa shape index (κ2) is 10.9. The van der Waals surface area contributed by atoms with Crippen molar-refractivity contribution in [2.45, 2.75) is 31.4 Å². The average Bonchev–Trinajstić information content (AvgIpc) is 3.32. The zero-order valence-corrected chi connectivity index (χ0v) is 19.0. The minimum Gasteiger partial charge on any atom is -0.492 e. The van der Waals surface area contributed by atoms with E-state index in [9.17, 15) is 8.42 Å². The molecule has 2 aromatic heterocycles. The zero-order chi connectivity index (χ0) is 21.4. The lowest BCUT2D eigenvalue weighted by molar-refractivity contribution is 0.222. The molecule has 0 amide bonds. The van der Waals surface area contributed by atoms with Gasteiger partial charge in [0, 0.05) is 24.9 Å². The molecule has 0 saturated heterocycles. The topological polar surface area (TPSA) is 84.4 Å². The van der Waals surface area contributed by atoms with E-state index in [2.05, 4.69) is 33.4 Å². The highest BCUT2D eigenvalue weighted by Crippen LogP contribution is 2.28. The van der Waals surface area contributed by atoms with Gasteiger partial charge in [0.1, 0.15) is 16.9 Å². The van der Waals surface area contributed by atoms with E-state index in [0.717, 1.165) is 19.6 Å². The summed E-state index contributed by atoms with van der Waals surface area (Å²) in [7, 11) is -3.44. The largest absolute Gasteiger partial charge is 0.492 e. The van der Waals surface area contributed by atoms with Crippen LogP contribution in [0.1, 0.15) is 26.0 Å². The summed E-state index contributed by atoms with van der Waals surface area (Å²) in [5.41, 5.74) is 1.96. The first-order valence-corrected chi connectivity index (χ1v) is 12.6. The molecule has 30 heavy (non-hydrogen) atoms. The molecule has 0 aliphatic carbocycles. The minimum absolute atomic E-state index is 0.104. The standard InChI is InChI=1S/C21H28N4O3S2/c1-3-25(4-2)11-12-28-18-14-17(16-23-30(26,27)21-9-7-13-29-21)24-20(15-18)19-8-5-6-10-22-19/h5-8,10,13-15,21,23H,3-4,9,11-12,16H2,1-2H3. The molecule has 1 aliphatic heterocycles. The first-order valence-electron chi connectivity index (χ1n) is 10.1. The Morgan fingerprint density at radius 2 is 2.07 bits per heavy atom. The van der Waals surface area contributed by atoms with Crippen molar-refractivity contribution in [2.24, 2.45) is 0 Å². The molecule has 7 nitrogen and oxygen atoms in total. The number of likely N-dealkylation sites (N-methyl/N-ethyl adjacent to an activating group) is 1. The van der Waals surface area contributed by atoms with Gasteiger partial charge < -0.3 is 9.64 Å². The number of allylic oxidation sites excluding steroid dienone is 1. The summed E-state index contributed by atoms with van der Waals surface area (Å²) in [4.78, 5) is 11.2. The summed E-state index contributed by atoms with van der Waals surface area (Å²) < 4.78 is 33.2. The quantitative estimate of drug-likeness (QED) is 0.565. The fourth-order valence-corrected chi connectivity index (χ4v) is 5.55. The lowest BCUT2D eigenvalue weighted by atomic mass is 10.2. The van der Waals surface area contributed by atoms with Crippen LogP contribution >= 0.6 is 11.8 Å². The number of rotatable bonds is 11. The molecule has 3 rings (SSSR count). The van der Waals surface area contributed by atoms with Crippen molar-refractivity contribution < 1.29 is 13.2 Å². The van der Waals surface area contributed by atoms with Gasteiger partial charge in [0.2, 0.25) is 10.0 Å². The van der Waals surface area contributed by atoms with E-state index in [4.69, 9.17) is 4.74 Å². The Morgan fingerprint density at radius 1 is 1.23 bits per heavy atom. The highest BCUT2D eigenvalue weighted by atomic mass is 32.3. The van der Waals surface area contributed by atoms with Crippen LogP contribution in [-0.2, 0) is 16.6 Å². The second-order valence-corrected chi connectivity index (χ2v) is 10.2. The van der Waals surface area contributed by atoms with Gasteiger partial charge >= 0.3 is 0 Å². The van der Waals surface area contributed by atoms with Crippen LogP contribution in [0.3, 0.4) is 0 Å². The predicted molar refractivity (Wildman–Crippen MR) is 122 cm³/mol. The molecule has 2 aromatic rings. The Balaban J connectivity index is 1.75. The van der Waals surface area contributed by atoms with Gasteiger partial charge in [0.15, 0.2) is 0 Å². The number of sulfonamides is 1.